The molecule has 0 aliphatic heterocycles. The molecule has 0 radical (unpaired) electrons. The van der Waals surface area contributed by atoms with Gasteiger partial charge in [0.05, 0.1) is 18.5 Å². The number of phenolic OH excluding ortho intramolecular Hbond substituents is 1. The molecular formula is C21H20Cl2N2O6S2. The summed E-state index contributed by atoms with van der Waals surface area (Å²) in [4.78, 5) is -1.31. The van der Waals surface area contributed by atoms with Crippen LogP contribution in [0, 0.1) is 13.8 Å². The zero-order valence-electron chi connectivity index (χ0n) is 17.7. The number of hydrogen-bond acceptors (Lipinski definition) is 6. The summed E-state index contributed by atoms with van der Waals surface area (Å²) < 4.78 is 58.2. The second-order valence-corrected chi connectivity index (χ2v) is 11.2. The lowest BCUT2D eigenvalue weighted by Crippen LogP contribution is -2.28. The Morgan fingerprint density at radius 2 is 1.36 bits per heavy atom. The third-order valence-electron chi connectivity index (χ3n) is 4.99. The maximum Gasteiger partial charge on any atom is 0.272 e. The Hall–Kier alpha value is -2.50. The van der Waals surface area contributed by atoms with Crippen molar-refractivity contribution in [1.82, 2.24) is 0 Å². The second-order valence-electron chi connectivity index (χ2n) is 7.05. The third-order valence-corrected chi connectivity index (χ3v) is 8.49. The Bertz CT molecular complexity index is 1410. The van der Waals surface area contributed by atoms with Gasteiger partial charge in [-0.15, -0.1) is 0 Å². The molecule has 0 aliphatic rings. The Balaban J connectivity index is 2.45. The first kappa shape index (κ1) is 25.1. The van der Waals surface area contributed by atoms with Crippen LogP contribution >= 0.6 is 23.2 Å². The largest absolute Gasteiger partial charge is 0.506 e. The number of nitrogens with zero attached hydrogens (tertiary/aromatic N) is 1. The van der Waals surface area contributed by atoms with Crippen molar-refractivity contribution in [2.24, 2.45) is 5.14 Å². The molecule has 3 rings (SSSR count). The van der Waals surface area contributed by atoms with Gasteiger partial charge in [-0.2, -0.15) is 0 Å². The van der Waals surface area contributed by atoms with Gasteiger partial charge in [-0.25, -0.2) is 26.3 Å². The molecule has 0 bridgehead atoms. The molecule has 33 heavy (non-hydrogen) atoms. The predicted octanol–water partition coefficient (Wildman–Crippen LogP) is 4.50. The van der Waals surface area contributed by atoms with Gasteiger partial charge >= 0.3 is 0 Å². The van der Waals surface area contributed by atoms with E-state index in [9.17, 15) is 21.9 Å². The molecule has 3 N–H and O–H groups in total. The number of hydrogen-bond donors (Lipinski definition) is 2. The summed E-state index contributed by atoms with van der Waals surface area (Å²) in [6.07, 6.45) is 0. The van der Waals surface area contributed by atoms with Gasteiger partial charge < -0.3 is 9.84 Å². The Morgan fingerprint density at radius 3 is 1.79 bits per heavy atom. The molecule has 0 aliphatic carbocycles. The number of halogens is 2. The van der Waals surface area contributed by atoms with Crippen LogP contribution in [-0.2, 0) is 20.0 Å². The van der Waals surface area contributed by atoms with Gasteiger partial charge in [0.1, 0.15) is 21.3 Å². The van der Waals surface area contributed by atoms with E-state index in [2.05, 4.69) is 0 Å². The highest BCUT2D eigenvalue weighted by molar-refractivity contribution is 7.93. The minimum absolute atomic E-state index is 0.208. The smallest absolute Gasteiger partial charge is 0.272 e. The van der Waals surface area contributed by atoms with E-state index in [4.69, 9.17) is 33.1 Å². The molecule has 0 fully saturated rings. The molecule has 0 atom stereocenters. The first-order valence-electron chi connectivity index (χ1n) is 9.30. The molecule has 0 unspecified atom stereocenters. The summed E-state index contributed by atoms with van der Waals surface area (Å²) in [7, 11) is -7.84. The van der Waals surface area contributed by atoms with Crippen LogP contribution in [0.15, 0.2) is 58.3 Å². The van der Waals surface area contributed by atoms with Crippen LogP contribution in [-0.4, -0.2) is 29.1 Å². The molecule has 0 saturated carbocycles. The summed E-state index contributed by atoms with van der Waals surface area (Å²) in [5.74, 6) is -1.04. The van der Waals surface area contributed by atoms with E-state index < -0.39 is 35.6 Å². The topological polar surface area (TPSA) is 127 Å². The van der Waals surface area contributed by atoms with Crippen LogP contribution in [0.5, 0.6) is 11.5 Å². The third kappa shape index (κ3) is 4.62. The number of phenols is 1. The molecule has 0 heterocycles. The van der Waals surface area contributed by atoms with E-state index >= 15 is 0 Å². The van der Waals surface area contributed by atoms with Crippen molar-refractivity contribution < 1.29 is 26.7 Å². The average Bonchev–Trinajstić information content (AvgIpc) is 2.72. The summed E-state index contributed by atoms with van der Waals surface area (Å²) in [6.45, 7) is 3.29. The fraction of sp³-hybridized carbons (Fsp3) is 0.143. The molecule has 0 amide bonds. The predicted molar refractivity (Wildman–Crippen MR) is 128 cm³/mol. The number of rotatable bonds is 6. The summed E-state index contributed by atoms with van der Waals surface area (Å²) in [5.41, 5.74) is 1.32. The number of nitrogens with two attached hydrogens (primary N) is 1. The monoisotopic (exact) mass is 530 g/mol. The van der Waals surface area contributed by atoms with Gasteiger partial charge in [-0.05, 0) is 55.3 Å². The Kier molecular flexibility index (Phi) is 6.88. The van der Waals surface area contributed by atoms with E-state index in [1.807, 2.05) is 0 Å². The van der Waals surface area contributed by atoms with Crippen molar-refractivity contribution in [3.8, 4) is 11.5 Å². The van der Waals surface area contributed by atoms with E-state index in [0.717, 1.165) is 16.4 Å². The average molecular weight is 531 g/mol. The van der Waals surface area contributed by atoms with E-state index in [-0.39, 0.29) is 17.1 Å². The van der Waals surface area contributed by atoms with Gasteiger partial charge in [0.2, 0.25) is 10.0 Å². The first-order chi connectivity index (χ1) is 15.3. The molecule has 0 saturated heterocycles. The minimum atomic E-state index is -4.57. The van der Waals surface area contributed by atoms with Crippen LogP contribution < -0.4 is 14.2 Å². The molecule has 3 aromatic rings. The molecule has 3 aromatic carbocycles. The van der Waals surface area contributed by atoms with E-state index in [1.54, 1.807) is 50.2 Å². The number of anilines is 2. The number of benzene rings is 3. The SMILES string of the molecule is COc1cc(O)c(S(N)(=O)=O)cc1S(=O)(=O)N(c1cccc(Cl)c1C)c1cccc(Cl)c1C. The normalized spacial score (nSPS) is 11.9. The lowest BCUT2D eigenvalue weighted by molar-refractivity contribution is 0.392. The van der Waals surface area contributed by atoms with Crippen LogP contribution in [0.2, 0.25) is 10.0 Å². The minimum Gasteiger partial charge on any atom is -0.506 e. The molecule has 0 spiro atoms. The zero-order valence-corrected chi connectivity index (χ0v) is 20.8. The maximum atomic E-state index is 14.1. The van der Waals surface area contributed by atoms with Crippen LogP contribution in [0.4, 0.5) is 11.4 Å². The van der Waals surface area contributed by atoms with Gasteiger partial charge in [0, 0.05) is 16.1 Å². The van der Waals surface area contributed by atoms with Crippen molar-refractivity contribution in [2.75, 3.05) is 11.4 Å². The van der Waals surface area contributed by atoms with Gasteiger partial charge in [-0.1, -0.05) is 35.3 Å². The highest BCUT2D eigenvalue weighted by atomic mass is 35.5. The molecule has 176 valence electrons. The molecule has 8 nitrogen and oxygen atoms in total. The van der Waals surface area contributed by atoms with Crippen molar-refractivity contribution in [3.63, 3.8) is 0 Å². The first-order valence-corrected chi connectivity index (χ1v) is 13.0. The summed E-state index contributed by atoms with van der Waals surface area (Å²) in [6, 6.07) is 11.1. The van der Waals surface area contributed by atoms with Crippen molar-refractivity contribution in [2.45, 2.75) is 23.6 Å². The second kappa shape index (κ2) is 9.03. The van der Waals surface area contributed by atoms with Gasteiger partial charge in [0.25, 0.3) is 10.0 Å². The lowest BCUT2D eigenvalue weighted by atomic mass is 10.1. The summed E-state index contributed by atoms with van der Waals surface area (Å²) >= 11 is 12.6. The highest BCUT2D eigenvalue weighted by Gasteiger charge is 2.34. The van der Waals surface area contributed by atoms with E-state index in [1.165, 1.54) is 7.11 Å². The maximum absolute atomic E-state index is 14.1. The van der Waals surface area contributed by atoms with Crippen LogP contribution in [0.25, 0.3) is 0 Å². The van der Waals surface area contributed by atoms with Gasteiger partial charge in [0.15, 0.2) is 0 Å². The van der Waals surface area contributed by atoms with Crippen LogP contribution in [0.1, 0.15) is 11.1 Å². The zero-order chi connectivity index (χ0) is 24.7. The molecule has 12 heteroatoms. The van der Waals surface area contributed by atoms with Gasteiger partial charge in [-0.3, -0.25) is 0 Å². The highest BCUT2D eigenvalue weighted by Crippen LogP contribution is 2.43. The number of sulfonamides is 2. The fourth-order valence-electron chi connectivity index (χ4n) is 3.24. The quantitative estimate of drug-likeness (QED) is 0.482. The summed E-state index contributed by atoms with van der Waals surface area (Å²) in [5, 5.41) is 15.9. The fourth-order valence-corrected chi connectivity index (χ4v) is 6.06. The molecular weight excluding hydrogens is 511 g/mol. The number of methoxy groups -OCH3 is 1. The number of aromatic hydroxyl groups is 1. The Labute approximate surface area is 202 Å². The van der Waals surface area contributed by atoms with Crippen molar-refractivity contribution >= 4 is 54.6 Å². The standard InChI is InChI=1S/C21H20Cl2N2O6S2/c1-12-14(22)6-4-8-16(12)25(17-9-5-7-15(23)13(17)2)33(29,30)21-11-20(32(24,27)28)18(26)10-19(21)31-3/h4-11,26H,1-3H3,(H2,24,27,28). The van der Waals surface area contributed by atoms with Crippen molar-refractivity contribution in [3.05, 3.63) is 69.7 Å². The number of ether oxygens (including phenoxy) is 1. The number of primary sulfonamides is 1. The lowest BCUT2D eigenvalue weighted by Gasteiger charge is -2.29. The molecule has 0 aromatic heterocycles. The van der Waals surface area contributed by atoms with Crippen molar-refractivity contribution in [1.29, 1.82) is 0 Å². The van der Waals surface area contributed by atoms with E-state index in [0.29, 0.717) is 21.2 Å². The van der Waals surface area contributed by atoms with Crippen LogP contribution in [0.3, 0.4) is 0 Å². The Morgan fingerprint density at radius 1 is 0.879 bits per heavy atom.